The molecular weight excluding hydrogens is 252 g/mol. The Labute approximate surface area is 121 Å². The van der Waals surface area contributed by atoms with Gasteiger partial charge in [0, 0.05) is 18.4 Å². The van der Waals surface area contributed by atoms with Crippen molar-refractivity contribution in [3.05, 3.63) is 35.9 Å². The molecule has 0 unspecified atom stereocenters. The van der Waals surface area contributed by atoms with Crippen LogP contribution in [-0.4, -0.2) is 10.9 Å². The second kappa shape index (κ2) is 9.69. The largest absolute Gasteiger partial charge is 0.287 e. The lowest BCUT2D eigenvalue weighted by molar-refractivity contribution is -0.111. The van der Waals surface area contributed by atoms with E-state index in [1.807, 2.05) is 37.3 Å². The molecule has 0 aliphatic rings. The molecule has 0 aliphatic carbocycles. The fourth-order valence-corrected chi connectivity index (χ4v) is 2.56. The molecule has 1 aromatic rings. The van der Waals surface area contributed by atoms with Crippen LogP contribution in [0.3, 0.4) is 0 Å². The minimum Gasteiger partial charge on any atom is -0.287 e. The molecule has 1 nitrogen and oxygen atoms in total. The summed E-state index contributed by atoms with van der Waals surface area (Å²) in [5, 5.41) is 0.324. The Balaban J connectivity index is 2.17. The number of benzene rings is 1. The van der Waals surface area contributed by atoms with Gasteiger partial charge in [-0.25, -0.2) is 0 Å². The molecule has 102 valence electrons. The number of unbranched alkanes of at least 4 members (excludes halogenated alkanes) is 1. The van der Waals surface area contributed by atoms with Crippen LogP contribution in [0.5, 0.6) is 0 Å². The number of rotatable bonds is 6. The monoisotopic (exact) mass is 274 g/mol. The Hall–Kier alpha value is -1.20. The first-order valence-electron chi connectivity index (χ1n) is 6.92. The summed E-state index contributed by atoms with van der Waals surface area (Å²) in [6, 6.07) is 10.1. The predicted octanol–water partition coefficient (Wildman–Crippen LogP) is 4.51. The molecular formula is C17H22OS. The Morgan fingerprint density at radius 3 is 2.74 bits per heavy atom. The molecule has 0 heterocycles. The van der Waals surface area contributed by atoms with Crippen LogP contribution < -0.4 is 0 Å². The molecule has 0 N–H and O–H groups in total. The highest BCUT2D eigenvalue weighted by Gasteiger charge is 2.08. The van der Waals surface area contributed by atoms with Crippen molar-refractivity contribution in [3.8, 4) is 11.8 Å². The maximum atomic E-state index is 11.5. The topological polar surface area (TPSA) is 17.1 Å². The number of thioether (sulfide) groups is 1. The van der Waals surface area contributed by atoms with Crippen LogP contribution in [0.15, 0.2) is 30.3 Å². The van der Waals surface area contributed by atoms with Crippen molar-refractivity contribution >= 4 is 16.9 Å². The van der Waals surface area contributed by atoms with Gasteiger partial charge in [-0.1, -0.05) is 55.6 Å². The lowest BCUT2D eigenvalue weighted by atomic mass is 10.0. The van der Waals surface area contributed by atoms with E-state index in [4.69, 9.17) is 0 Å². The zero-order valence-corrected chi connectivity index (χ0v) is 12.6. The summed E-state index contributed by atoms with van der Waals surface area (Å²) >= 11 is 1.43. The second-order valence-electron chi connectivity index (χ2n) is 4.67. The third-order valence-corrected chi connectivity index (χ3v) is 3.60. The highest BCUT2D eigenvalue weighted by molar-refractivity contribution is 8.13. The summed E-state index contributed by atoms with van der Waals surface area (Å²) in [6.07, 6.45) is 3.77. The highest BCUT2D eigenvalue weighted by Crippen LogP contribution is 2.16. The molecule has 1 rings (SSSR count). The van der Waals surface area contributed by atoms with E-state index in [0.29, 0.717) is 17.5 Å². The average molecular weight is 274 g/mol. The van der Waals surface area contributed by atoms with E-state index in [-0.39, 0.29) is 0 Å². The van der Waals surface area contributed by atoms with Crippen molar-refractivity contribution in [1.82, 2.24) is 0 Å². The summed E-state index contributed by atoms with van der Waals surface area (Å²) in [6.45, 7) is 4.17. The average Bonchev–Trinajstić information content (AvgIpc) is 2.39. The van der Waals surface area contributed by atoms with Crippen LogP contribution >= 0.6 is 11.8 Å². The summed E-state index contributed by atoms with van der Waals surface area (Å²) in [5.74, 6) is 7.71. The van der Waals surface area contributed by atoms with E-state index in [2.05, 4.69) is 18.8 Å². The van der Waals surface area contributed by atoms with Crippen LogP contribution in [0.4, 0.5) is 0 Å². The summed E-state index contributed by atoms with van der Waals surface area (Å²) in [4.78, 5) is 11.5. The molecule has 19 heavy (non-hydrogen) atoms. The van der Waals surface area contributed by atoms with Crippen molar-refractivity contribution in [2.75, 3.05) is 5.75 Å². The van der Waals surface area contributed by atoms with Gasteiger partial charge in [-0.05, 0) is 36.6 Å². The lowest BCUT2D eigenvalue weighted by Crippen LogP contribution is -2.02. The number of carbonyl (C=O) groups is 1. The standard InChI is InChI=1S/C17H22OS/c1-3-19-17(18)14-15(2)10-6-4-7-11-16-12-8-5-9-13-16/h5,8-9,12-13,15H,3-4,6,10,14H2,1-2H3/t15-/m1/s1. The summed E-state index contributed by atoms with van der Waals surface area (Å²) in [5.41, 5.74) is 1.07. The fourth-order valence-electron chi connectivity index (χ4n) is 1.83. The fraction of sp³-hybridized carbons (Fsp3) is 0.471. The molecule has 0 amide bonds. The Morgan fingerprint density at radius 2 is 2.05 bits per heavy atom. The van der Waals surface area contributed by atoms with Crippen molar-refractivity contribution < 1.29 is 4.79 Å². The van der Waals surface area contributed by atoms with Gasteiger partial charge in [-0.15, -0.1) is 0 Å². The first-order valence-corrected chi connectivity index (χ1v) is 7.90. The molecule has 0 saturated heterocycles. The van der Waals surface area contributed by atoms with E-state index < -0.39 is 0 Å². The minimum atomic E-state index is 0.324. The molecule has 0 saturated carbocycles. The smallest absolute Gasteiger partial charge is 0.189 e. The molecule has 1 atom stereocenters. The number of hydrogen-bond donors (Lipinski definition) is 0. The molecule has 2 heteroatoms. The number of carbonyl (C=O) groups excluding carboxylic acids is 1. The van der Waals surface area contributed by atoms with E-state index in [1.54, 1.807) is 0 Å². The van der Waals surface area contributed by atoms with Gasteiger partial charge < -0.3 is 0 Å². The van der Waals surface area contributed by atoms with E-state index in [0.717, 1.165) is 30.6 Å². The molecule has 0 bridgehead atoms. The molecule has 0 aromatic heterocycles. The van der Waals surface area contributed by atoms with E-state index in [9.17, 15) is 4.79 Å². The SMILES string of the molecule is CCSC(=O)C[C@H](C)CCCC#Cc1ccccc1. The van der Waals surface area contributed by atoms with Gasteiger partial charge in [-0.2, -0.15) is 0 Å². The van der Waals surface area contributed by atoms with Crippen molar-refractivity contribution in [1.29, 1.82) is 0 Å². The van der Waals surface area contributed by atoms with Gasteiger partial charge in [0.05, 0.1) is 0 Å². The minimum absolute atomic E-state index is 0.324. The molecule has 0 fully saturated rings. The maximum absolute atomic E-state index is 11.5. The van der Waals surface area contributed by atoms with Gasteiger partial charge in [0.1, 0.15) is 0 Å². The normalized spacial score (nSPS) is 11.5. The third kappa shape index (κ3) is 7.74. The van der Waals surface area contributed by atoms with Crippen LogP contribution in [0.2, 0.25) is 0 Å². The maximum Gasteiger partial charge on any atom is 0.189 e. The van der Waals surface area contributed by atoms with Crippen molar-refractivity contribution in [2.24, 2.45) is 5.92 Å². The van der Waals surface area contributed by atoms with Crippen LogP contribution in [0.25, 0.3) is 0 Å². The third-order valence-electron chi connectivity index (χ3n) is 2.83. The summed E-state index contributed by atoms with van der Waals surface area (Å²) < 4.78 is 0. The van der Waals surface area contributed by atoms with Crippen molar-refractivity contribution in [3.63, 3.8) is 0 Å². The van der Waals surface area contributed by atoms with Crippen LogP contribution in [0.1, 0.15) is 45.1 Å². The molecule has 0 spiro atoms. The first-order chi connectivity index (χ1) is 9.22. The second-order valence-corrected chi connectivity index (χ2v) is 6.00. The first kappa shape index (κ1) is 15.9. The molecule has 0 radical (unpaired) electrons. The highest BCUT2D eigenvalue weighted by atomic mass is 32.2. The van der Waals surface area contributed by atoms with Gasteiger partial charge in [-0.3, -0.25) is 4.79 Å². The molecule has 0 aliphatic heterocycles. The lowest BCUT2D eigenvalue weighted by Gasteiger charge is -2.08. The quantitative estimate of drug-likeness (QED) is 0.560. The van der Waals surface area contributed by atoms with Gasteiger partial charge in [0.25, 0.3) is 0 Å². The number of hydrogen-bond acceptors (Lipinski definition) is 2. The predicted molar refractivity (Wildman–Crippen MR) is 84.1 cm³/mol. The van der Waals surface area contributed by atoms with Crippen LogP contribution in [0, 0.1) is 17.8 Å². The Morgan fingerprint density at radius 1 is 1.32 bits per heavy atom. The van der Waals surface area contributed by atoms with Gasteiger partial charge in [0.2, 0.25) is 0 Å². The van der Waals surface area contributed by atoms with Crippen LogP contribution in [-0.2, 0) is 4.79 Å². The van der Waals surface area contributed by atoms with Gasteiger partial charge >= 0.3 is 0 Å². The molecule has 1 aromatic carbocycles. The van der Waals surface area contributed by atoms with Crippen molar-refractivity contribution in [2.45, 2.75) is 39.5 Å². The zero-order valence-electron chi connectivity index (χ0n) is 11.8. The zero-order chi connectivity index (χ0) is 13.9. The Kier molecular flexibility index (Phi) is 8.09. The summed E-state index contributed by atoms with van der Waals surface area (Å²) in [7, 11) is 0. The van der Waals surface area contributed by atoms with E-state index in [1.165, 1.54) is 11.8 Å². The Bertz CT molecular complexity index is 428. The van der Waals surface area contributed by atoms with E-state index >= 15 is 0 Å². The van der Waals surface area contributed by atoms with Gasteiger partial charge in [0.15, 0.2) is 5.12 Å².